The second-order valence-electron chi connectivity index (χ2n) is 0.408. The minimum absolute atomic E-state index is 0. The molecular weight excluding hydrogens is 373 g/mol. The maximum absolute atomic E-state index is 8.54. The summed E-state index contributed by atoms with van der Waals surface area (Å²) in [6.07, 6.45) is 0. The predicted molar refractivity (Wildman–Crippen MR) is 24.4 cm³/mol. The Morgan fingerprint density at radius 3 is 0.800 bits per heavy atom. The third-order valence-corrected chi connectivity index (χ3v) is 0. The van der Waals surface area contributed by atoms with Crippen LogP contribution in [0.3, 0.4) is 0 Å². The summed E-state index contributed by atoms with van der Waals surface area (Å²) < 4.78 is 51.2. The van der Waals surface area contributed by atoms with Crippen molar-refractivity contribution in [3.05, 3.63) is 0 Å². The maximum atomic E-state index is 8.54. The van der Waals surface area contributed by atoms with E-state index in [2.05, 4.69) is 0 Å². The quantitative estimate of drug-likeness (QED) is 0.389. The largest absolute Gasteiger partial charge is 2.00 e. The topological polar surface area (TPSA) is 126 Å². The normalized spacial score (nSPS) is 7.00. The molecule has 4 radical (unpaired) electrons. The van der Waals surface area contributed by atoms with Crippen LogP contribution in [0.1, 0.15) is 0 Å². The minimum Gasteiger partial charge on any atom is 2.00 e. The van der Waals surface area contributed by atoms with Gasteiger partial charge >= 0.3 is 108 Å². The number of hydrogen-bond acceptors (Lipinski definition) is 6. The molecule has 56 valence electrons. The van der Waals surface area contributed by atoms with E-state index >= 15 is 0 Å². The maximum Gasteiger partial charge on any atom is 2.00 e. The average Bonchev–Trinajstić information content (AvgIpc) is 1.25. The molecule has 0 bridgehead atoms. The fraction of sp³-hybridized carbons (Fsp3) is 0. The summed E-state index contributed by atoms with van der Waals surface area (Å²) in [7, 11) is 0. The van der Waals surface area contributed by atoms with E-state index in [1.54, 1.807) is 0 Å². The Balaban J connectivity index is -0.0000000300. The van der Waals surface area contributed by atoms with Crippen molar-refractivity contribution in [1.29, 1.82) is 0 Å². The zero-order valence-electron chi connectivity index (χ0n) is 4.38. The summed E-state index contributed by atoms with van der Waals surface area (Å²) >= 11 is -7.58. The van der Waals surface area contributed by atoms with Crippen molar-refractivity contribution in [3.63, 3.8) is 0 Å². The van der Waals surface area contributed by atoms with Gasteiger partial charge in [-0.25, -0.2) is 0 Å². The number of hydrogen-bond donors (Lipinski definition) is 0. The SMILES string of the molecule is O=[Se]([O-])[O-].O=[Se]([O-])[O-].[Ca+2].[Se+2]. The Kier molecular flexibility index (Phi) is 39.6. The minimum atomic E-state index is -3.79. The zero-order valence-corrected chi connectivity index (χ0v) is 11.7. The van der Waals surface area contributed by atoms with E-state index in [1.165, 1.54) is 0 Å². The van der Waals surface area contributed by atoms with Gasteiger partial charge in [0.2, 0.25) is 0 Å². The second kappa shape index (κ2) is 17.4. The molecule has 0 aromatic rings. The summed E-state index contributed by atoms with van der Waals surface area (Å²) in [6.45, 7) is 0. The molecule has 0 fully saturated rings. The summed E-state index contributed by atoms with van der Waals surface area (Å²) in [5, 5.41) is 0. The summed E-state index contributed by atoms with van der Waals surface area (Å²) in [4.78, 5) is 0. The standard InChI is InChI=1S/Ca.2H2O3Se.Se/c;2*1-4(2)3;/h;2*(H2,1,2,3);/q+2;;;+2/p-4. The van der Waals surface area contributed by atoms with E-state index in [0.29, 0.717) is 0 Å². The van der Waals surface area contributed by atoms with E-state index in [9.17, 15) is 0 Å². The molecule has 10 heteroatoms. The molecule has 0 saturated carbocycles. The van der Waals surface area contributed by atoms with Crippen LogP contribution in [-0.4, -0.2) is 83.8 Å². The van der Waals surface area contributed by atoms with Gasteiger partial charge in [0.25, 0.3) is 0 Å². The first-order chi connectivity index (χ1) is 3.46. The Morgan fingerprint density at radius 2 is 0.800 bits per heavy atom. The van der Waals surface area contributed by atoms with Crippen molar-refractivity contribution in [1.82, 2.24) is 0 Å². The van der Waals surface area contributed by atoms with Gasteiger partial charge in [-0.15, -0.1) is 0 Å². The molecule has 0 aliphatic heterocycles. The molecule has 0 amide bonds. The van der Waals surface area contributed by atoms with Gasteiger partial charge in [-0.1, -0.05) is 0 Å². The Hall–Kier alpha value is 2.26. The van der Waals surface area contributed by atoms with Crippen LogP contribution >= 0.6 is 0 Å². The monoisotopic (exact) mass is 376 g/mol. The van der Waals surface area contributed by atoms with Gasteiger partial charge in [0.1, 0.15) is 0 Å². The van der Waals surface area contributed by atoms with E-state index in [-0.39, 0.29) is 54.8 Å². The zero-order chi connectivity index (χ0) is 7.15. The molecule has 0 aromatic heterocycles. The first kappa shape index (κ1) is 22.8. The summed E-state index contributed by atoms with van der Waals surface area (Å²) in [6, 6.07) is 0. The summed E-state index contributed by atoms with van der Waals surface area (Å²) in [5.74, 6) is 0. The van der Waals surface area contributed by atoms with Crippen LogP contribution in [0, 0.1) is 0 Å². The van der Waals surface area contributed by atoms with Crippen LogP contribution in [0.15, 0.2) is 0 Å². The van der Waals surface area contributed by atoms with Gasteiger partial charge in [0.05, 0.1) is 0 Å². The molecule has 0 N–H and O–H groups in total. The van der Waals surface area contributed by atoms with Gasteiger partial charge in [0.15, 0.2) is 0 Å². The van der Waals surface area contributed by atoms with Crippen LogP contribution in [-0.2, 0) is 7.67 Å². The predicted octanol–water partition coefficient (Wildman–Crippen LogP) is -6.52. The van der Waals surface area contributed by atoms with Crippen molar-refractivity contribution < 1.29 is 24.4 Å². The van der Waals surface area contributed by atoms with Crippen LogP contribution in [0.4, 0.5) is 0 Å². The average molecular weight is 373 g/mol. The fourth-order valence-corrected chi connectivity index (χ4v) is 0. The van der Waals surface area contributed by atoms with Crippen LogP contribution in [0.2, 0.25) is 0 Å². The van der Waals surface area contributed by atoms with E-state index in [0.717, 1.165) is 0 Å². The second-order valence-corrected chi connectivity index (χ2v) is 2.12. The molecule has 0 saturated heterocycles. The van der Waals surface area contributed by atoms with Gasteiger partial charge in [-0.3, -0.25) is 0 Å². The van der Waals surface area contributed by atoms with Crippen molar-refractivity contribution in [2.45, 2.75) is 0 Å². The molecule has 0 rings (SSSR count). The molecule has 0 atom stereocenters. The smallest absolute Gasteiger partial charge is 2.00 e. The summed E-state index contributed by atoms with van der Waals surface area (Å²) in [5.41, 5.74) is 0. The molecule has 6 nitrogen and oxygen atoms in total. The van der Waals surface area contributed by atoms with E-state index in [4.69, 9.17) is 24.4 Å². The molecule has 0 heterocycles. The Morgan fingerprint density at radius 1 is 0.800 bits per heavy atom. The molecule has 10 heavy (non-hydrogen) atoms. The van der Waals surface area contributed by atoms with Crippen LogP contribution < -0.4 is 16.8 Å². The van der Waals surface area contributed by atoms with Gasteiger partial charge in [-0.05, 0) is 0 Å². The molecule has 0 unspecified atom stereocenters. The Bertz CT molecular complexity index is 71.0. The first-order valence-corrected chi connectivity index (χ1v) is 5.20. The van der Waals surface area contributed by atoms with Gasteiger partial charge in [0, 0.05) is 0 Å². The molecule has 0 spiro atoms. The van der Waals surface area contributed by atoms with E-state index in [1.807, 2.05) is 0 Å². The third-order valence-electron chi connectivity index (χ3n) is 0. The van der Waals surface area contributed by atoms with Crippen LogP contribution in [0.5, 0.6) is 0 Å². The van der Waals surface area contributed by atoms with Crippen LogP contribution in [0.25, 0.3) is 0 Å². The van der Waals surface area contributed by atoms with E-state index < -0.39 is 29.0 Å². The first-order valence-electron chi connectivity index (χ1n) is 1.00. The fourth-order valence-electron chi connectivity index (χ4n) is 0. The van der Waals surface area contributed by atoms with Crippen molar-refractivity contribution in [3.8, 4) is 0 Å². The Labute approximate surface area is 107 Å². The van der Waals surface area contributed by atoms with Gasteiger partial charge in [-0.2, -0.15) is 0 Å². The van der Waals surface area contributed by atoms with Crippen molar-refractivity contribution in [2.75, 3.05) is 0 Å². The molecular formula is CaO6Se3. The third kappa shape index (κ3) is 172. The molecule has 0 aromatic carbocycles. The van der Waals surface area contributed by atoms with Gasteiger partial charge < -0.3 is 0 Å². The molecule has 0 aliphatic rings. The number of rotatable bonds is 0. The van der Waals surface area contributed by atoms with Crippen molar-refractivity contribution >= 4 is 83.8 Å². The molecule has 0 aliphatic carbocycles. The van der Waals surface area contributed by atoms with Crippen molar-refractivity contribution in [2.24, 2.45) is 0 Å².